The fourth-order valence-electron chi connectivity index (χ4n) is 8.42. The van der Waals surface area contributed by atoms with Crippen LogP contribution in [-0.2, 0) is 10.8 Å². The Bertz CT molecular complexity index is 2440. The van der Waals surface area contributed by atoms with E-state index in [-0.39, 0.29) is 34.2 Å². The second kappa shape index (κ2) is 12.2. The summed E-state index contributed by atoms with van der Waals surface area (Å²) in [6.45, 7) is 13.1. The number of hydrogen-bond donors (Lipinski definition) is 0. The smallest absolute Gasteiger partial charge is 0.311 e. The minimum Gasteiger partial charge on any atom is -0.311 e. The van der Waals surface area contributed by atoms with E-state index in [2.05, 4.69) is 136 Å². The highest BCUT2D eigenvalue weighted by Gasteiger charge is 2.45. The van der Waals surface area contributed by atoms with Gasteiger partial charge in [0.1, 0.15) is 0 Å². The molecule has 2 aliphatic rings. The molecule has 0 aromatic heterocycles. The van der Waals surface area contributed by atoms with Gasteiger partial charge in [0.15, 0.2) is 0 Å². The van der Waals surface area contributed by atoms with E-state index < -0.39 is 5.51 Å². The summed E-state index contributed by atoms with van der Waals surface area (Å²) in [5.74, 6) is 0. The number of alkyl halides is 3. The Morgan fingerprint density at radius 1 is 0.500 bits per heavy atom. The number of nitrogens with zero attached hydrogens (tertiary/aromatic N) is 2. The zero-order chi connectivity index (χ0) is 37.7. The van der Waals surface area contributed by atoms with Gasteiger partial charge in [0.2, 0.25) is 0 Å². The quantitative estimate of drug-likeness (QED) is 0.132. The van der Waals surface area contributed by atoms with Crippen molar-refractivity contribution in [1.82, 2.24) is 0 Å². The number of rotatable bonds is 3. The monoisotopic (exact) mass is 732 g/mol. The Morgan fingerprint density at radius 3 is 1.31 bits per heavy atom. The van der Waals surface area contributed by atoms with Crippen LogP contribution in [0.5, 0.6) is 0 Å². The molecule has 0 saturated carbocycles. The fraction of sp³-hybridized carbons (Fsp3) is 0.191. The van der Waals surface area contributed by atoms with Crippen molar-refractivity contribution in [2.24, 2.45) is 0 Å². The molecule has 2 nitrogen and oxygen atoms in total. The molecular weight excluding hydrogens is 692 g/mol. The van der Waals surface area contributed by atoms with Crippen LogP contribution < -0.4 is 26.2 Å². The average molecular weight is 733 g/mol. The van der Waals surface area contributed by atoms with Gasteiger partial charge in [0, 0.05) is 49.8 Å². The van der Waals surface area contributed by atoms with Crippen molar-refractivity contribution < 1.29 is 13.2 Å². The molecule has 9 rings (SSSR count). The summed E-state index contributed by atoms with van der Waals surface area (Å²) in [6.07, 6.45) is 0. The summed E-state index contributed by atoms with van der Waals surface area (Å²) >= 11 is -0.0512. The molecule has 0 fully saturated rings. The van der Waals surface area contributed by atoms with Gasteiger partial charge in [-0.3, -0.25) is 0 Å². The number of benzene rings is 7. The molecule has 2 heterocycles. The lowest BCUT2D eigenvalue weighted by Gasteiger charge is -2.45. The zero-order valence-electron chi connectivity index (χ0n) is 31.2. The van der Waals surface area contributed by atoms with E-state index in [1.54, 1.807) is 12.1 Å². The van der Waals surface area contributed by atoms with Crippen LogP contribution in [0.25, 0.3) is 21.5 Å². The van der Waals surface area contributed by atoms with Gasteiger partial charge in [-0.05, 0) is 97.3 Å². The van der Waals surface area contributed by atoms with Gasteiger partial charge in [-0.1, -0.05) is 139 Å². The van der Waals surface area contributed by atoms with E-state index in [9.17, 15) is 13.2 Å². The van der Waals surface area contributed by atoms with Crippen LogP contribution in [0.15, 0.2) is 138 Å². The van der Waals surface area contributed by atoms with Crippen molar-refractivity contribution in [1.29, 1.82) is 0 Å². The van der Waals surface area contributed by atoms with E-state index in [0.29, 0.717) is 0 Å². The molecule has 0 spiro atoms. The highest BCUT2D eigenvalue weighted by atomic mass is 32.2. The minimum absolute atomic E-state index is 0.0501. The first-order chi connectivity index (χ1) is 25.7. The lowest BCUT2D eigenvalue weighted by Crippen LogP contribution is -2.61. The van der Waals surface area contributed by atoms with Crippen LogP contribution in [-0.4, -0.2) is 12.2 Å². The van der Waals surface area contributed by atoms with Crippen molar-refractivity contribution in [3.63, 3.8) is 0 Å². The molecule has 0 aliphatic carbocycles. The standard InChI is InChI=1S/C47H40BF3N2S/c1-45(2,3)31-19-21-36-29(25-31)17-23-38-43(36)52(33-13-9-7-10-14-33)40-27-35(54-47(49,50)51)28-41-42(40)48(38)39-24-18-30-26-32(46(4,5)6)20-22-37(30)44(39)53(41)34-15-11-8-12-16-34/h7-28H,1-6H3. The van der Waals surface area contributed by atoms with Crippen molar-refractivity contribution in [2.45, 2.75) is 62.8 Å². The SMILES string of the molecule is CC(C)(C)c1ccc2c3c(ccc2c1)B1c2ccc4cc(C(C)(C)C)ccc4c2N(c2ccccc2)c2cc(SC(F)(F)F)cc(c21)N3c1ccccc1. The second-order valence-electron chi connectivity index (χ2n) is 16.6. The van der Waals surface area contributed by atoms with Crippen LogP contribution in [0.3, 0.4) is 0 Å². The summed E-state index contributed by atoms with van der Waals surface area (Å²) in [4.78, 5) is 4.55. The van der Waals surface area contributed by atoms with E-state index in [0.717, 1.165) is 72.1 Å². The number of halogens is 3. The van der Waals surface area contributed by atoms with Crippen molar-refractivity contribution in [2.75, 3.05) is 9.80 Å². The first-order valence-corrected chi connectivity index (χ1v) is 19.3. The molecule has 268 valence electrons. The number of para-hydroxylation sites is 2. The summed E-state index contributed by atoms with van der Waals surface area (Å²) in [5, 5.41) is 4.32. The normalized spacial score (nSPS) is 14.0. The topological polar surface area (TPSA) is 6.48 Å². The Labute approximate surface area is 319 Å². The van der Waals surface area contributed by atoms with E-state index in [4.69, 9.17) is 0 Å². The lowest BCUT2D eigenvalue weighted by atomic mass is 9.33. The summed E-state index contributed by atoms with van der Waals surface area (Å²) in [5.41, 5.74) is 6.42. The average Bonchev–Trinajstić information content (AvgIpc) is 3.13. The molecular formula is C47H40BF3N2S. The van der Waals surface area contributed by atoms with E-state index >= 15 is 0 Å². The van der Waals surface area contributed by atoms with Gasteiger partial charge >= 0.3 is 5.51 Å². The molecule has 7 aromatic carbocycles. The summed E-state index contributed by atoms with van der Waals surface area (Å²) < 4.78 is 43.3. The molecule has 0 amide bonds. The second-order valence-corrected chi connectivity index (χ2v) is 17.7. The Morgan fingerprint density at radius 2 is 0.926 bits per heavy atom. The molecule has 0 unspecified atom stereocenters. The van der Waals surface area contributed by atoms with Crippen LogP contribution in [0.1, 0.15) is 52.7 Å². The highest BCUT2D eigenvalue weighted by molar-refractivity contribution is 8.00. The minimum atomic E-state index is -4.47. The van der Waals surface area contributed by atoms with Crippen molar-refractivity contribution in [3.05, 3.63) is 145 Å². The van der Waals surface area contributed by atoms with Crippen LogP contribution in [0, 0.1) is 0 Å². The first kappa shape index (κ1) is 34.6. The molecule has 0 bridgehead atoms. The Balaban J connectivity index is 1.44. The zero-order valence-corrected chi connectivity index (χ0v) is 32.0. The third-order valence-corrected chi connectivity index (χ3v) is 11.7. The number of hydrogen-bond acceptors (Lipinski definition) is 3. The van der Waals surface area contributed by atoms with Gasteiger partial charge in [0.25, 0.3) is 6.71 Å². The van der Waals surface area contributed by atoms with E-state index in [1.165, 1.54) is 11.1 Å². The Kier molecular flexibility index (Phi) is 7.82. The van der Waals surface area contributed by atoms with Gasteiger partial charge in [-0.15, -0.1) is 0 Å². The molecule has 7 heteroatoms. The molecule has 54 heavy (non-hydrogen) atoms. The molecule has 0 atom stereocenters. The fourth-order valence-corrected chi connectivity index (χ4v) is 9.03. The maximum atomic E-state index is 14.4. The molecule has 7 aromatic rings. The molecule has 0 saturated heterocycles. The van der Waals surface area contributed by atoms with Crippen molar-refractivity contribution in [3.8, 4) is 0 Å². The number of fused-ring (bicyclic) bond motifs is 8. The molecule has 0 radical (unpaired) electrons. The van der Waals surface area contributed by atoms with Crippen molar-refractivity contribution >= 4 is 90.5 Å². The van der Waals surface area contributed by atoms with Gasteiger partial charge in [-0.2, -0.15) is 13.2 Å². The summed E-state index contributed by atoms with van der Waals surface area (Å²) in [7, 11) is 0. The molecule has 0 N–H and O–H groups in total. The van der Waals surface area contributed by atoms with Gasteiger partial charge in [-0.25, -0.2) is 0 Å². The van der Waals surface area contributed by atoms with Gasteiger partial charge in [0.05, 0.1) is 0 Å². The van der Waals surface area contributed by atoms with Crippen LogP contribution in [0.4, 0.5) is 47.3 Å². The third-order valence-electron chi connectivity index (χ3n) is 11.0. The summed E-state index contributed by atoms with van der Waals surface area (Å²) in [6, 6.07) is 46.0. The Hall–Kier alpha value is -5.14. The first-order valence-electron chi connectivity index (χ1n) is 18.5. The number of thioether (sulfide) groups is 1. The maximum absolute atomic E-state index is 14.4. The van der Waals surface area contributed by atoms with Crippen LogP contribution >= 0.6 is 11.8 Å². The molecule has 2 aliphatic heterocycles. The predicted octanol–water partition coefficient (Wildman–Crippen LogP) is 12.3. The maximum Gasteiger partial charge on any atom is 0.446 e. The van der Waals surface area contributed by atoms with Crippen LogP contribution in [0.2, 0.25) is 0 Å². The van der Waals surface area contributed by atoms with E-state index in [1.807, 2.05) is 36.4 Å². The predicted molar refractivity (Wildman–Crippen MR) is 225 cm³/mol. The lowest BCUT2D eigenvalue weighted by molar-refractivity contribution is -0.0328. The number of anilines is 6. The third kappa shape index (κ3) is 5.67. The highest BCUT2D eigenvalue weighted by Crippen LogP contribution is 2.50. The van der Waals surface area contributed by atoms with Gasteiger partial charge < -0.3 is 9.80 Å². The largest absolute Gasteiger partial charge is 0.446 e.